The van der Waals surface area contributed by atoms with Crippen LogP contribution in [0, 0.1) is 5.82 Å². The molecule has 8 nitrogen and oxygen atoms in total. The molecule has 0 atom stereocenters. The van der Waals surface area contributed by atoms with Crippen molar-refractivity contribution in [1.82, 2.24) is 9.97 Å². The summed E-state index contributed by atoms with van der Waals surface area (Å²) in [6.45, 7) is 0. The molecule has 0 fully saturated rings. The molecule has 0 amide bonds. The lowest BCUT2D eigenvalue weighted by atomic mass is 10.3. The van der Waals surface area contributed by atoms with Crippen LogP contribution in [0.25, 0.3) is 0 Å². The van der Waals surface area contributed by atoms with Crippen LogP contribution in [0.2, 0.25) is 0 Å². The molecule has 0 aliphatic rings. The summed E-state index contributed by atoms with van der Waals surface area (Å²) in [7, 11) is 4.30. The predicted octanol–water partition coefficient (Wildman–Crippen LogP) is 1.56. The summed E-state index contributed by atoms with van der Waals surface area (Å²) >= 11 is 0. The van der Waals surface area contributed by atoms with Gasteiger partial charge in [0.05, 0.1) is 18.2 Å². The molecule has 0 aliphatic heterocycles. The topological polar surface area (TPSA) is 87.7 Å². The van der Waals surface area contributed by atoms with Crippen molar-refractivity contribution in [3.8, 4) is 5.75 Å². The van der Waals surface area contributed by atoms with E-state index in [2.05, 4.69) is 14.7 Å². The average Bonchev–Trinajstić information content (AvgIpc) is 2.54. The lowest BCUT2D eigenvalue weighted by molar-refractivity contribution is 0.385. The molecule has 1 aromatic heterocycles. The number of nitrogens with zero attached hydrogens (tertiary/aromatic N) is 4. The van der Waals surface area contributed by atoms with Crippen LogP contribution in [0.1, 0.15) is 0 Å². The van der Waals surface area contributed by atoms with Gasteiger partial charge < -0.3 is 14.5 Å². The Morgan fingerprint density at radius 3 is 2.36 bits per heavy atom. The number of aromatic nitrogens is 2. The van der Waals surface area contributed by atoms with E-state index in [1.54, 1.807) is 38.0 Å². The Hall–Kier alpha value is -2.62. The van der Waals surface area contributed by atoms with Gasteiger partial charge in [0.2, 0.25) is 5.95 Å². The second-order valence-electron chi connectivity index (χ2n) is 5.60. The Morgan fingerprint density at radius 2 is 1.84 bits per heavy atom. The largest absolute Gasteiger partial charge is 0.494 e. The standard InChI is InChI=1S/C15H20FN5O3S/c1-20(2)14-12(9-17-15(18-14)21(3)4)19-25(22,23)10-6-7-13(24-5)11(16)8-10/h6-9,19H,1-5H3. The van der Waals surface area contributed by atoms with Crippen molar-refractivity contribution in [1.29, 1.82) is 0 Å². The van der Waals surface area contributed by atoms with Crippen LogP contribution >= 0.6 is 0 Å². The molecule has 2 rings (SSSR count). The van der Waals surface area contributed by atoms with Crippen molar-refractivity contribution < 1.29 is 17.5 Å². The Morgan fingerprint density at radius 1 is 1.16 bits per heavy atom. The number of benzene rings is 1. The van der Waals surface area contributed by atoms with Gasteiger partial charge >= 0.3 is 0 Å². The molecule has 2 aromatic rings. The van der Waals surface area contributed by atoms with E-state index >= 15 is 0 Å². The van der Waals surface area contributed by atoms with E-state index in [0.29, 0.717) is 11.8 Å². The van der Waals surface area contributed by atoms with Crippen LogP contribution in [0.3, 0.4) is 0 Å². The van der Waals surface area contributed by atoms with Crippen LogP contribution < -0.4 is 19.3 Å². The maximum atomic E-state index is 13.8. The number of methoxy groups -OCH3 is 1. The summed E-state index contributed by atoms with van der Waals surface area (Å²) in [5.74, 6) is 0.0161. The zero-order valence-corrected chi connectivity index (χ0v) is 15.4. The smallest absolute Gasteiger partial charge is 0.262 e. The first kappa shape index (κ1) is 18.7. The molecule has 0 bridgehead atoms. The second-order valence-corrected chi connectivity index (χ2v) is 7.28. The summed E-state index contributed by atoms with van der Waals surface area (Å²) in [4.78, 5) is 11.5. The van der Waals surface area contributed by atoms with Crippen LogP contribution in [-0.4, -0.2) is 53.7 Å². The number of sulfonamides is 1. The predicted molar refractivity (Wildman–Crippen MR) is 94.4 cm³/mol. The van der Waals surface area contributed by atoms with E-state index in [-0.39, 0.29) is 16.3 Å². The molecule has 0 saturated carbocycles. The number of rotatable bonds is 6. The molecule has 0 radical (unpaired) electrons. The number of hydrogen-bond donors (Lipinski definition) is 1. The van der Waals surface area contributed by atoms with Gasteiger partial charge in [-0.3, -0.25) is 4.72 Å². The van der Waals surface area contributed by atoms with Crippen molar-refractivity contribution in [3.63, 3.8) is 0 Å². The van der Waals surface area contributed by atoms with Crippen molar-refractivity contribution in [2.24, 2.45) is 0 Å². The van der Waals surface area contributed by atoms with E-state index in [4.69, 9.17) is 4.74 Å². The maximum absolute atomic E-state index is 13.8. The fourth-order valence-corrected chi connectivity index (χ4v) is 3.07. The van der Waals surface area contributed by atoms with Gasteiger partial charge in [0, 0.05) is 28.2 Å². The number of ether oxygens (including phenoxy) is 1. The summed E-state index contributed by atoms with van der Waals surface area (Å²) in [5, 5.41) is 0. The first-order valence-corrected chi connectivity index (χ1v) is 8.72. The van der Waals surface area contributed by atoms with E-state index in [1.165, 1.54) is 25.4 Å². The molecule has 0 unspecified atom stereocenters. The SMILES string of the molecule is COc1ccc(S(=O)(=O)Nc2cnc(N(C)C)nc2N(C)C)cc1F. The number of nitrogens with one attached hydrogen (secondary N) is 1. The lowest BCUT2D eigenvalue weighted by Crippen LogP contribution is -2.21. The molecule has 1 N–H and O–H groups in total. The average molecular weight is 369 g/mol. The normalized spacial score (nSPS) is 11.1. The minimum absolute atomic E-state index is 0.0356. The van der Waals surface area contributed by atoms with Gasteiger partial charge in [-0.25, -0.2) is 17.8 Å². The molecule has 136 valence electrons. The number of halogens is 1. The molecule has 10 heteroatoms. The van der Waals surface area contributed by atoms with E-state index in [9.17, 15) is 12.8 Å². The van der Waals surface area contributed by atoms with Crippen molar-refractivity contribution in [2.45, 2.75) is 4.90 Å². The third kappa shape index (κ3) is 4.08. The van der Waals surface area contributed by atoms with Gasteiger partial charge in [-0.1, -0.05) is 0 Å². The highest BCUT2D eigenvalue weighted by atomic mass is 32.2. The molecule has 1 aromatic carbocycles. The van der Waals surface area contributed by atoms with Crippen LogP contribution in [0.5, 0.6) is 5.75 Å². The van der Waals surface area contributed by atoms with Crippen molar-refractivity contribution in [2.75, 3.05) is 49.8 Å². The van der Waals surface area contributed by atoms with Gasteiger partial charge in [-0.15, -0.1) is 0 Å². The van der Waals surface area contributed by atoms with Gasteiger partial charge in [0.25, 0.3) is 10.0 Å². The summed E-state index contributed by atoms with van der Waals surface area (Å²) in [5.41, 5.74) is 0.187. The van der Waals surface area contributed by atoms with Gasteiger partial charge in [-0.2, -0.15) is 4.98 Å². The third-order valence-electron chi connectivity index (χ3n) is 3.26. The van der Waals surface area contributed by atoms with Gasteiger partial charge in [-0.05, 0) is 18.2 Å². The minimum Gasteiger partial charge on any atom is -0.494 e. The van der Waals surface area contributed by atoms with Crippen molar-refractivity contribution >= 4 is 27.5 Å². The Kier molecular flexibility index (Phi) is 5.31. The van der Waals surface area contributed by atoms with E-state index in [0.717, 1.165) is 6.07 Å². The van der Waals surface area contributed by atoms with Crippen LogP contribution in [0.4, 0.5) is 21.8 Å². The quantitative estimate of drug-likeness (QED) is 0.827. The van der Waals surface area contributed by atoms with E-state index in [1.807, 2.05) is 0 Å². The number of hydrogen-bond acceptors (Lipinski definition) is 7. The highest BCUT2D eigenvalue weighted by Crippen LogP contribution is 2.27. The molecular weight excluding hydrogens is 349 g/mol. The Labute approximate surface area is 146 Å². The Balaban J connectivity index is 2.42. The van der Waals surface area contributed by atoms with Gasteiger partial charge in [0.15, 0.2) is 17.4 Å². The maximum Gasteiger partial charge on any atom is 0.262 e. The van der Waals surface area contributed by atoms with Crippen LogP contribution in [-0.2, 0) is 10.0 Å². The molecule has 0 spiro atoms. The first-order valence-electron chi connectivity index (χ1n) is 7.23. The third-order valence-corrected chi connectivity index (χ3v) is 4.62. The lowest BCUT2D eigenvalue weighted by Gasteiger charge is -2.19. The second kappa shape index (κ2) is 7.09. The summed E-state index contributed by atoms with van der Waals surface area (Å²) < 4.78 is 46.1. The number of anilines is 3. The minimum atomic E-state index is -4.02. The van der Waals surface area contributed by atoms with E-state index < -0.39 is 15.8 Å². The summed E-state index contributed by atoms with van der Waals surface area (Å²) in [6, 6.07) is 3.41. The Bertz CT molecular complexity index is 871. The van der Waals surface area contributed by atoms with Crippen LogP contribution in [0.15, 0.2) is 29.3 Å². The zero-order valence-electron chi connectivity index (χ0n) is 14.6. The highest BCUT2D eigenvalue weighted by molar-refractivity contribution is 7.92. The molecule has 25 heavy (non-hydrogen) atoms. The highest BCUT2D eigenvalue weighted by Gasteiger charge is 2.20. The van der Waals surface area contributed by atoms with Crippen molar-refractivity contribution in [3.05, 3.63) is 30.2 Å². The van der Waals surface area contributed by atoms with Gasteiger partial charge in [0.1, 0.15) is 5.69 Å². The monoisotopic (exact) mass is 369 g/mol. The molecular formula is C15H20FN5O3S. The molecule has 0 saturated heterocycles. The fourth-order valence-electron chi connectivity index (χ4n) is 2.01. The summed E-state index contributed by atoms with van der Waals surface area (Å²) in [6.07, 6.45) is 1.37. The zero-order chi connectivity index (χ0) is 18.8. The first-order chi connectivity index (χ1) is 11.7. The molecule has 0 aliphatic carbocycles. The fraction of sp³-hybridized carbons (Fsp3) is 0.333. The molecule has 1 heterocycles.